The van der Waals surface area contributed by atoms with Gasteiger partial charge in [-0.2, -0.15) is 0 Å². The standard InChI is InChI=1S/C24H48N2O15/c1-7-30-36-19-13-27-16-22-39-33-10-4-26-5-11-34-40-23-17-28-14-20-37-31-8-2-25(1)3-9-32-38-21-15-29-18-24-41-35-12-6-26/h1-24H2. The first-order chi connectivity index (χ1) is 20.4. The molecule has 0 aromatic heterocycles. The summed E-state index contributed by atoms with van der Waals surface area (Å²) in [5, 5.41) is 0. The number of hydrogen-bond donors (Lipinski definition) is 0. The van der Waals surface area contributed by atoms with Crippen molar-refractivity contribution < 1.29 is 72.9 Å². The lowest BCUT2D eigenvalue weighted by atomic mass is 10.4. The van der Waals surface area contributed by atoms with Gasteiger partial charge >= 0.3 is 0 Å². The van der Waals surface area contributed by atoms with Crippen LogP contribution in [-0.2, 0) is 72.9 Å². The van der Waals surface area contributed by atoms with Crippen LogP contribution >= 0.6 is 0 Å². The molecular weight excluding hydrogens is 556 g/mol. The maximum atomic E-state index is 5.45. The van der Waals surface area contributed by atoms with E-state index in [9.17, 15) is 0 Å². The Balaban J connectivity index is 1.84. The largest absolute Gasteiger partial charge is 0.376 e. The SMILES string of the molecule is C1COOCCN2CCOOCCOCCOOCCN(CCOOCCO1)CCOOCCOCCOOCC2. The monoisotopic (exact) mass is 604 g/mol. The topological polar surface area (TPSA) is 145 Å². The van der Waals surface area contributed by atoms with E-state index in [0.29, 0.717) is 119 Å². The van der Waals surface area contributed by atoms with E-state index in [-0.39, 0.29) is 39.6 Å². The Morgan fingerprint density at radius 1 is 0.195 bits per heavy atom. The van der Waals surface area contributed by atoms with E-state index in [1.54, 1.807) is 0 Å². The van der Waals surface area contributed by atoms with Gasteiger partial charge in [0.25, 0.3) is 0 Å². The zero-order valence-corrected chi connectivity index (χ0v) is 24.0. The fraction of sp³-hybridized carbons (Fsp3) is 1.00. The number of rotatable bonds is 0. The van der Waals surface area contributed by atoms with Crippen molar-refractivity contribution in [3.05, 3.63) is 0 Å². The lowest BCUT2D eigenvalue weighted by Crippen LogP contribution is -2.34. The molecule has 2 bridgehead atoms. The van der Waals surface area contributed by atoms with E-state index in [1.165, 1.54) is 0 Å². The molecule has 0 radical (unpaired) electrons. The quantitative estimate of drug-likeness (QED) is 0.255. The van der Waals surface area contributed by atoms with Gasteiger partial charge in [0.15, 0.2) is 0 Å². The van der Waals surface area contributed by atoms with Crippen molar-refractivity contribution in [2.24, 2.45) is 0 Å². The predicted octanol–water partition coefficient (Wildman–Crippen LogP) is -0.643. The van der Waals surface area contributed by atoms with Crippen molar-refractivity contribution in [2.75, 3.05) is 158 Å². The van der Waals surface area contributed by atoms with Crippen molar-refractivity contribution >= 4 is 0 Å². The Morgan fingerprint density at radius 2 is 0.366 bits per heavy atom. The van der Waals surface area contributed by atoms with Crippen molar-refractivity contribution in [3.63, 3.8) is 0 Å². The van der Waals surface area contributed by atoms with Crippen LogP contribution in [0, 0.1) is 0 Å². The second kappa shape index (κ2) is 29.4. The van der Waals surface area contributed by atoms with E-state index >= 15 is 0 Å². The molecule has 0 atom stereocenters. The van der Waals surface area contributed by atoms with Crippen LogP contribution in [0.2, 0.25) is 0 Å². The molecule has 0 spiro atoms. The van der Waals surface area contributed by atoms with E-state index in [1.807, 2.05) is 0 Å². The van der Waals surface area contributed by atoms with E-state index in [4.69, 9.17) is 72.9 Å². The van der Waals surface area contributed by atoms with E-state index < -0.39 is 0 Å². The van der Waals surface area contributed by atoms with Crippen LogP contribution in [-0.4, -0.2) is 168 Å². The highest BCUT2D eigenvalue weighted by atomic mass is 17.2. The molecule has 0 aliphatic carbocycles. The summed E-state index contributed by atoms with van der Waals surface area (Å²) >= 11 is 0. The Hall–Kier alpha value is -0.680. The van der Waals surface area contributed by atoms with Gasteiger partial charge in [0, 0.05) is 39.3 Å². The summed E-state index contributed by atoms with van der Waals surface area (Å²) in [5.74, 6) is 0. The lowest BCUT2D eigenvalue weighted by Gasteiger charge is -2.21. The summed E-state index contributed by atoms with van der Waals surface area (Å²) in [7, 11) is 0. The minimum Gasteiger partial charge on any atom is -0.376 e. The molecule has 3 saturated heterocycles. The van der Waals surface area contributed by atoms with Gasteiger partial charge in [-0.25, -0.2) is 58.7 Å². The number of hydrogen-bond acceptors (Lipinski definition) is 17. The molecule has 0 aromatic carbocycles. The van der Waals surface area contributed by atoms with Gasteiger partial charge in [-0.1, -0.05) is 0 Å². The molecule has 17 nitrogen and oxygen atoms in total. The molecule has 41 heavy (non-hydrogen) atoms. The maximum Gasteiger partial charge on any atom is 0.106 e. The third-order valence-corrected chi connectivity index (χ3v) is 5.31. The third kappa shape index (κ3) is 24.5. The second-order valence-corrected chi connectivity index (χ2v) is 8.38. The molecule has 3 heterocycles. The first kappa shape index (κ1) is 36.5. The highest BCUT2D eigenvalue weighted by Gasteiger charge is 2.09. The molecule has 0 saturated carbocycles. The van der Waals surface area contributed by atoms with Gasteiger partial charge in [0.05, 0.1) is 79.3 Å². The molecule has 3 fully saturated rings. The average Bonchev–Trinajstić information content (AvgIpc) is 2.98. The van der Waals surface area contributed by atoms with Crippen molar-refractivity contribution in [2.45, 2.75) is 0 Å². The van der Waals surface area contributed by atoms with Gasteiger partial charge in [-0.05, 0) is 0 Å². The molecule has 244 valence electrons. The smallest absolute Gasteiger partial charge is 0.106 e. The summed E-state index contributed by atoms with van der Waals surface area (Å²) in [5.41, 5.74) is 0. The molecule has 0 unspecified atom stereocenters. The average molecular weight is 605 g/mol. The lowest BCUT2D eigenvalue weighted by molar-refractivity contribution is -0.319. The second-order valence-electron chi connectivity index (χ2n) is 8.38. The van der Waals surface area contributed by atoms with E-state index in [0.717, 1.165) is 0 Å². The number of fused-ring (bicyclic) bond motifs is 36. The zero-order valence-electron chi connectivity index (χ0n) is 24.0. The Morgan fingerprint density at radius 3 is 0.561 bits per heavy atom. The summed E-state index contributed by atoms with van der Waals surface area (Å²) in [6, 6.07) is 0. The van der Waals surface area contributed by atoms with Crippen LogP contribution in [0.4, 0.5) is 0 Å². The van der Waals surface area contributed by atoms with Crippen molar-refractivity contribution in [3.8, 4) is 0 Å². The fourth-order valence-electron chi connectivity index (χ4n) is 3.24. The number of ether oxygens (including phenoxy) is 3. The van der Waals surface area contributed by atoms with Gasteiger partial charge in [0.2, 0.25) is 0 Å². The summed E-state index contributed by atoms with van der Waals surface area (Å²) in [4.78, 5) is 66.8. The molecule has 3 aliphatic rings. The first-order valence-corrected chi connectivity index (χ1v) is 14.1. The van der Waals surface area contributed by atoms with Gasteiger partial charge in [0.1, 0.15) is 39.6 Å². The fourth-order valence-corrected chi connectivity index (χ4v) is 3.24. The highest BCUT2D eigenvalue weighted by Crippen LogP contribution is 1.96. The molecule has 0 aromatic rings. The summed E-state index contributed by atoms with van der Waals surface area (Å²) in [6.45, 7) is 9.34. The van der Waals surface area contributed by atoms with Crippen LogP contribution in [0.25, 0.3) is 0 Å². The highest BCUT2D eigenvalue weighted by molar-refractivity contribution is 4.56. The molecule has 0 N–H and O–H groups in total. The Labute approximate surface area is 241 Å². The first-order valence-electron chi connectivity index (χ1n) is 14.1. The van der Waals surface area contributed by atoms with Gasteiger partial charge in [-0.15, -0.1) is 0 Å². The molecule has 0 amide bonds. The van der Waals surface area contributed by atoms with Crippen molar-refractivity contribution in [1.82, 2.24) is 9.80 Å². The minimum atomic E-state index is 0.283. The Kier molecular flexibility index (Phi) is 26.2. The Bertz CT molecular complexity index is 430. The summed E-state index contributed by atoms with van der Waals surface area (Å²) in [6.07, 6.45) is 0. The zero-order chi connectivity index (χ0) is 28.7. The van der Waals surface area contributed by atoms with Crippen molar-refractivity contribution in [1.29, 1.82) is 0 Å². The van der Waals surface area contributed by atoms with Crippen LogP contribution in [0.15, 0.2) is 0 Å². The number of nitrogens with zero attached hydrogens (tertiary/aromatic N) is 2. The normalized spacial score (nSPS) is 28.1. The molecule has 3 rings (SSSR count). The maximum absolute atomic E-state index is 5.45. The van der Waals surface area contributed by atoms with Crippen LogP contribution < -0.4 is 0 Å². The third-order valence-electron chi connectivity index (χ3n) is 5.31. The van der Waals surface area contributed by atoms with Gasteiger partial charge in [-0.3, -0.25) is 9.80 Å². The molecular formula is C24H48N2O15. The predicted molar refractivity (Wildman–Crippen MR) is 137 cm³/mol. The molecule has 3 aliphatic heterocycles. The van der Waals surface area contributed by atoms with E-state index in [2.05, 4.69) is 9.80 Å². The van der Waals surface area contributed by atoms with Gasteiger partial charge < -0.3 is 14.2 Å². The summed E-state index contributed by atoms with van der Waals surface area (Å²) < 4.78 is 16.4. The van der Waals surface area contributed by atoms with Crippen LogP contribution in [0.5, 0.6) is 0 Å². The van der Waals surface area contributed by atoms with Crippen LogP contribution in [0.1, 0.15) is 0 Å². The van der Waals surface area contributed by atoms with Crippen LogP contribution in [0.3, 0.4) is 0 Å². The minimum absolute atomic E-state index is 0.283. The molecule has 17 heteroatoms.